The molecule has 0 fully saturated rings. The van der Waals surface area contributed by atoms with E-state index in [9.17, 15) is 10.2 Å². The predicted octanol–water partition coefficient (Wildman–Crippen LogP) is -0.435. The molecule has 1 aromatic heterocycles. The Kier molecular flexibility index (Phi) is 3.19. The average molecular weight is 234 g/mol. The highest BCUT2D eigenvalue weighted by Crippen LogP contribution is 2.23. The SMILES string of the molecule is NCC(O)C(O)c1ccc2ncnc(N)c2c1. The number of rotatable bonds is 3. The monoisotopic (exact) mass is 234 g/mol. The van der Waals surface area contributed by atoms with Gasteiger partial charge in [0.1, 0.15) is 18.2 Å². The Morgan fingerprint density at radius 1 is 1.24 bits per heavy atom. The fraction of sp³-hybridized carbons (Fsp3) is 0.273. The first-order valence-electron chi connectivity index (χ1n) is 5.20. The minimum atomic E-state index is -1.04. The Balaban J connectivity index is 2.47. The molecule has 0 spiro atoms. The number of nitrogens with two attached hydrogens (primary N) is 2. The lowest BCUT2D eigenvalue weighted by Crippen LogP contribution is -2.27. The minimum Gasteiger partial charge on any atom is -0.389 e. The van der Waals surface area contributed by atoms with Crippen LogP contribution < -0.4 is 11.5 Å². The summed E-state index contributed by atoms with van der Waals surface area (Å²) in [6.45, 7) is -0.0139. The lowest BCUT2D eigenvalue weighted by atomic mass is 10.0. The molecule has 0 radical (unpaired) electrons. The number of nitrogen functional groups attached to an aromatic ring is 1. The molecule has 2 unspecified atom stereocenters. The number of anilines is 1. The first-order chi connectivity index (χ1) is 8.13. The normalized spacial score (nSPS) is 14.8. The molecule has 0 aliphatic carbocycles. The fourth-order valence-corrected chi connectivity index (χ4v) is 1.63. The van der Waals surface area contributed by atoms with E-state index in [1.807, 2.05) is 0 Å². The number of nitrogens with zero attached hydrogens (tertiary/aromatic N) is 2. The van der Waals surface area contributed by atoms with Gasteiger partial charge in [0.25, 0.3) is 0 Å². The second-order valence-corrected chi connectivity index (χ2v) is 3.78. The third-order valence-corrected chi connectivity index (χ3v) is 2.64. The van der Waals surface area contributed by atoms with Crippen LogP contribution in [-0.4, -0.2) is 32.8 Å². The van der Waals surface area contributed by atoms with Gasteiger partial charge in [-0.15, -0.1) is 0 Å². The van der Waals surface area contributed by atoms with E-state index >= 15 is 0 Å². The van der Waals surface area contributed by atoms with Crippen molar-refractivity contribution in [1.82, 2.24) is 9.97 Å². The van der Waals surface area contributed by atoms with Crippen molar-refractivity contribution in [1.29, 1.82) is 0 Å². The van der Waals surface area contributed by atoms with Gasteiger partial charge in [-0.2, -0.15) is 0 Å². The van der Waals surface area contributed by atoms with E-state index in [1.165, 1.54) is 6.33 Å². The van der Waals surface area contributed by atoms with Gasteiger partial charge in [0.2, 0.25) is 0 Å². The number of hydrogen-bond acceptors (Lipinski definition) is 6. The van der Waals surface area contributed by atoms with Crippen molar-refractivity contribution >= 4 is 16.7 Å². The maximum atomic E-state index is 9.83. The van der Waals surface area contributed by atoms with Gasteiger partial charge >= 0.3 is 0 Å². The molecule has 1 aromatic carbocycles. The molecular weight excluding hydrogens is 220 g/mol. The Hall–Kier alpha value is -1.76. The molecule has 0 aliphatic heterocycles. The molecule has 0 bridgehead atoms. The van der Waals surface area contributed by atoms with E-state index in [2.05, 4.69) is 9.97 Å². The van der Waals surface area contributed by atoms with E-state index in [0.29, 0.717) is 22.3 Å². The van der Waals surface area contributed by atoms with Crippen molar-refractivity contribution in [2.45, 2.75) is 12.2 Å². The highest BCUT2D eigenvalue weighted by molar-refractivity contribution is 5.88. The fourth-order valence-electron chi connectivity index (χ4n) is 1.63. The molecule has 1 heterocycles. The van der Waals surface area contributed by atoms with Crippen LogP contribution in [0.15, 0.2) is 24.5 Å². The van der Waals surface area contributed by atoms with Gasteiger partial charge in [0.05, 0.1) is 11.6 Å². The molecule has 2 rings (SSSR count). The summed E-state index contributed by atoms with van der Waals surface area (Å²) >= 11 is 0. The van der Waals surface area contributed by atoms with Crippen LogP contribution in [0.5, 0.6) is 0 Å². The van der Waals surface area contributed by atoms with Gasteiger partial charge in [0, 0.05) is 11.9 Å². The summed E-state index contributed by atoms with van der Waals surface area (Å²) in [5, 5.41) is 20.0. The van der Waals surface area contributed by atoms with Crippen LogP contribution in [0, 0.1) is 0 Å². The number of hydrogen-bond donors (Lipinski definition) is 4. The van der Waals surface area contributed by atoms with Crippen molar-refractivity contribution in [2.75, 3.05) is 12.3 Å². The molecule has 2 aromatic rings. The van der Waals surface area contributed by atoms with E-state index in [1.54, 1.807) is 18.2 Å². The van der Waals surface area contributed by atoms with Crippen LogP contribution in [0.1, 0.15) is 11.7 Å². The third-order valence-electron chi connectivity index (χ3n) is 2.64. The van der Waals surface area contributed by atoms with Crippen LogP contribution in [0.25, 0.3) is 10.9 Å². The number of fused-ring (bicyclic) bond motifs is 1. The molecule has 0 saturated carbocycles. The molecule has 6 nitrogen and oxygen atoms in total. The van der Waals surface area contributed by atoms with Crippen molar-refractivity contribution in [2.24, 2.45) is 5.73 Å². The lowest BCUT2D eigenvalue weighted by molar-refractivity contribution is 0.0244. The highest BCUT2D eigenvalue weighted by atomic mass is 16.3. The smallest absolute Gasteiger partial charge is 0.134 e. The van der Waals surface area contributed by atoms with Crippen molar-refractivity contribution in [3.05, 3.63) is 30.1 Å². The van der Waals surface area contributed by atoms with Gasteiger partial charge in [-0.25, -0.2) is 9.97 Å². The zero-order valence-corrected chi connectivity index (χ0v) is 9.11. The lowest BCUT2D eigenvalue weighted by Gasteiger charge is -2.16. The second-order valence-electron chi connectivity index (χ2n) is 3.78. The van der Waals surface area contributed by atoms with E-state index in [4.69, 9.17) is 11.5 Å². The maximum absolute atomic E-state index is 9.83. The second kappa shape index (κ2) is 4.62. The first kappa shape index (κ1) is 11.7. The van der Waals surface area contributed by atoms with Gasteiger partial charge in [-0.3, -0.25) is 0 Å². The summed E-state index contributed by atoms with van der Waals surface area (Å²) in [4.78, 5) is 7.92. The van der Waals surface area contributed by atoms with Gasteiger partial charge < -0.3 is 21.7 Å². The standard InChI is InChI=1S/C11H14N4O2/c12-4-9(16)10(17)6-1-2-8-7(3-6)11(13)15-5-14-8/h1-3,5,9-10,16-17H,4,12H2,(H2,13,14,15). The van der Waals surface area contributed by atoms with Gasteiger partial charge in [0.15, 0.2) is 0 Å². The number of aromatic nitrogens is 2. The van der Waals surface area contributed by atoms with E-state index in [-0.39, 0.29) is 6.54 Å². The quantitative estimate of drug-likeness (QED) is 0.572. The highest BCUT2D eigenvalue weighted by Gasteiger charge is 2.17. The average Bonchev–Trinajstić information content (AvgIpc) is 2.37. The zero-order valence-electron chi connectivity index (χ0n) is 9.11. The van der Waals surface area contributed by atoms with Crippen LogP contribution in [0.2, 0.25) is 0 Å². The van der Waals surface area contributed by atoms with E-state index in [0.717, 1.165) is 0 Å². The molecule has 0 amide bonds. The molecule has 2 atom stereocenters. The van der Waals surface area contributed by atoms with Crippen LogP contribution in [0.3, 0.4) is 0 Å². The first-order valence-corrected chi connectivity index (χ1v) is 5.20. The third kappa shape index (κ3) is 2.19. The van der Waals surface area contributed by atoms with Crippen molar-refractivity contribution in [3.8, 4) is 0 Å². The van der Waals surface area contributed by atoms with Crippen LogP contribution in [-0.2, 0) is 0 Å². The summed E-state index contributed by atoms with van der Waals surface area (Å²) in [5.41, 5.74) is 12.2. The molecular formula is C11H14N4O2. The Bertz CT molecular complexity index is 532. The Morgan fingerprint density at radius 2 is 2.00 bits per heavy atom. The Labute approximate surface area is 97.9 Å². The summed E-state index contributed by atoms with van der Waals surface area (Å²) in [7, 11) is 0. The summed E-state index contributed by atoms with van der Waals surface area (Å²) < 4.78 is 0. The molecule has 90 valence electrons. The Morgan fingerprint density at radius 3 is 2.71 bits per heavy atom. The van der Waals surface area contributed by atoms with Crippen LogP contribution in [0.4, 0.5) is 5.82 Å². The number of aliphatic hydroxyl groups is 2. The summed E-state index contributed by atoms with van der Waals surface area (Å²) in [5.74, 6) is 0.339. The molecule has 6 heteroatoms. The maximum Gasteiger partial charge on any atom is 0.134 e. The molecule has 6 N–H and O–H groups in total. The molecule has 17 heavy (non-hydrogen) atoms. The molecule has 0 saturated heterocycles. The number of benzene rings is 1. The summed E-state index contributed by atoms with van der Waals surface area (Å²) in [6.07, 6.45) is -0.662. The summed E-state index contributed by atoms with van der Waals surface area (Å²) in [6, 6.07) is 5.06. The number of aliphatic hydroxyl groups excluding tert-OH is 2. The minimum absolute atomic E-state index is 0.0139. The zero-order chi connectivity index (χ0) is 12.4. The van der Waals surface area contributed by atoms with Gasteiger partial charge in [-0.1, -0.05) is 6.07 Å². The van der Waals surface area contributed by atoms with E-state index < -0.39 is 12.2 Å². The topological polar surface area (TPSA) is 118 Å². The predicted molar refractivity (Wildman–Crippen MR) is 64.0 cm³/mol. The van der Waals surface area contributed by atoms with Crippen molar-refractivity contribution in [3.63, 3.8) is 0 Å². The molecule has 0 aliphatic rings. The largest absolute Gasteiger partial charge is 0.389 e. The van der Waals surface area contributed by atoms with Gasteiger partial charge in [-0.05, 0) is 17.7 Å². The van der Waals surface area contributed by atoms with Crippen molar-refractivity contribution < 1.29 is 10.2 Å². The van der Waals surface area contributed by atoms with Crippen LogP contribution >= 0.6 is 0 Å².